The smallest absolute Gasteiger partial charge is 0.293 e. The molecule has 0 saturated carbocycles. The monoisotopic (exact) mass is 255 g/mol. The van der Waals surface area contributed by atoms with Crippen molar-refractivity contribution in [3.63, 3.8) is 0 Å². The molecule has 1 aliphatic rings. The van der Waals surface area contributed by atoms with Gasteiger partial charge < -0.3 is 9.32 Å². The molecule has 4 heteroatoms. The summed E-state index contributed by atoms with van der Waals surface area (Å²) in [6.45, 7) is 2.30. The second-order valence-electron chi connectivity index (χ2n) is 4.58. The number of nitrogens with zero attached hydrogens (tertiary/aromatic N) is 1. The molecule has 0 aliphatic carbocycles. The minimum atomic E-state index is -0.201. The predicted octanol–water partition coefficient (Wildman–Crippen LogP) is 2.82. The van der Waals surface area contributed by atoms with Crippen LogP contribution in [0, 0.1) is 6.92 Å². The molecule has 0 bridgehead atoms. The summed E-state index contributed by atoms with van der Waals surface area (Å²) in [4.78, 5) is 26.0. The number of hydrogen-bond acceptors (Lipinski definition) is 3. The number of amides is 1. The van der Waals surface area contributed by atoms with Crippen LogP contribution in [0.2, 0.25) is 0 Å². The largest absolute Gasteiger partial charge is 0.459 e. The van der Waals surface area contributed by atoms with E-state index in [2.05, 4.69) is 0 Å². The number of carbonyl (C=O) groups is 2. The third-order valence-corrected chi connectivity index (χ3v) is 3.35. The zero-order valence-corrected chi connectivity index (χ0v) is 10.6. The van der Waals surface area contributed by atoms with Gasteiger partial charge in [-0.1, -0.05) is 12.1 Å². The number of para-hydroxylation sites is 1. The first-order valence-electron chi connectivity index (χ1n) is 6.16. The fourth-order valence-corrected chi connectivity index (χ4v) is 2.44. The van der Waals surface area contributed by atoms with Gasteiger partial charge in [0.25, 0.3) is 5.91 Å². The molecule has 1 aliphatic heterocycles. The molecule has 1 aromatic heterocycles. The first kappa shape index (κ1) is 11.7. The molecule has 0 radical (unpaired) electrons. The third kappa shape index (κ3) is 1.85. The lowest BCUT2D eigenvalue weighted by Crippen LogP contribution is -2.37. The van der Waals surface area contributed by atoms with E-state index in [0.29, 0.717) is 30.0 Å². The summed E-state index contributed by atoms with van der Waals surface area (Å²) in [6, 6.07) is 8.83. The van der Waals surface area contributed by atoms with E-state index in [4.69, 9.17) is 4.42 Å². The number of carbonyl (C=O) groups excluding carboxylic acids is 2. The molecule has 2 heterocycles. The second-order valence-corrected chi connectivity index (χ2v) is 4.58. The van der Waals surface area contributed by atoms with Crippen molar-refractivity contribution >= 4 is 17.4 Å². The van der Waals surface area contributed by atoms with Crippen molar-refractivity contribution in [2.45, 2.75) is 13.3 Å². The van der Waals surface area contributed by atoms with Crippen LogP contribution in [0.25, 0.3) is 0 Å². The van der Waals surface area contributed by atoms with E-state index in [-0.39, 0.29) is 11.7 Å². The van der Waals surface area contributed by atoms with Crippen LogP contribution in [-0.2, 0) is 0 Å². The Kier molecular flexibility index (Phi) is 2.71. The maximum absolute atomic E-state index is 12.4. The van der Waals surface area contributed by atoms with Crippen molar-refractivity contribution in [2.75, 3.05) is 11.4 Å². The van der Waals surface area contributed by atoms with Gasteiger partial charge in [-0.05, 0) is 30.7 Å². The number of hydrogen-bond donors (Lipinski definition) is 0. The van der Waals surface area contributed by atoms with Gasteiger partial charge >= 0.3 is 0 Å². The molecule has 4 nitrogen and oxygen atoms in total. The number of benzene rings is 1. The normalized spacial score (nSPS) is 14.4. The van der Waals surface area contributed by atoms with Crippen LogP contribution in [0.1, 0.15) is 32.9 Å². The van der Waals surface area contributed by atoms with Crippen molar-refractivity contribution in [1.29, 1.82) is 0 Å². The standard InChI is InChI=1S/C15H13NO3/c1-10-4-2-5-11-12(17)7-8-16(14(10)11)15(18)13-6-3-9-19-13/h2-6,9H,7-8H2,1H3. The van der Waals surface area contributed by atoms with Crippen LogP contribution in [-0.4, -0.2) is 18.2 Å². The van der Waals surface area contributed by atoms with E-state index < -0.39 is 0 Å². The van der Waals surface area contributed by atoms with E-state index >= 15 is 0 Å². The second kappa shape index (κ2) is 4.39. The Bertz CT molecular complexity index is 643. The number of rotatable bonds is 1. The van der Waals surface area contributed by atoms with Crippen molar-refractivity contribution in [1.82, 2.24) is 0 Å². The topological polar surface area (TPSA) is 50.5 Å². The fraction of sp³-hybridized carbons (Fsp3) is 0.200. The molecule has 1 amide bonds. The molecule has 1 aromatic carbocycles. The molecular formula is C15H13NO3. The molecule has 0 N–H and O–H groups in total. The van der Waals surface area contributed by atoms with Gasteiger partial charge in [-0.3, -0.25) is 9.59 Å². The quantitative estimate of drug-likeness (QED) is 0.787. The number of aryl methyl sites for hydroxylation is 1. The number of fused-ring (bicyclic) bond motifs is 1. The minimum Gasteiger partial charge on any atom is -0.459 e. The van der Waals surface area contributed by atoms with Gasteiger partial charge in [-0.2, -0.15) is 0 Å². The Labute approximate surface area is 110 Å². The molecule has 0 atom stereocenters. The molecule has 0 saturated heterocycles. The SMILES string of the molecule is Cc1cccc2c1N(C(=O)c1ccco1)CCC2=O. The van der Waals surface area contributed by atoms with Gasteiger partial charge in [0.1, 0.15) is 0 Å². The van der Waals surface area contributed by atoms with Gasteiger partial charge in [0.2, 0.25) is 0 Å². The molecule has 0 spiro atoms. The summed E-state index contributed by atoms with van der Waals surface area (Å²) in [5.74, 6) is 0.179. The average molecular weight is 255 g/mol. The van der Waals surface area contributed by atoms with Crippen LogP contribution >= 0.6 is 0 Å². The Balaban J connectivity index is 2.09. The van der Waals surface area contributed by atoms with Gasteiger partial charge in [0, 0.05) is 18.5 Å². The Morgan fingerprint density at radius 1 is 1.26 bits per heavy atom. The number of Topliss-reactive ketones (excluding diaryl/α,β-unsaturated/α-hetero) is 1. The van der Waals surface area contributed by atoms with Crippen LogP contribution in [0.3, 0.4) is 0 Å². The highest BCUT2D eigenvalue weighted by Crippen LogP contribution is 2.31. The minimum absolute atomic E-state index is 0.0854. The fourth-order valence-electron chi connectivity index (χ4n) is 2.44. The Morgan fingerprint density at radius 3 is 2.84 bits per heavy atom. The summed E-state index contributed by atoms with van der Waals surface area (Å²) >= 11 is 0. The molecule has 0 unspecified atom stereocenters. The molecule has 19 heavy (non-hydrogen) atoms. The summed E-state index contributed by atoms with van der Waals surface area (Å²) < 4.78 is 5.15. The first-order valence-corrected chi connectivity index (χ1v) is 6.16. The van der Waals surface area contributed by atoms with Gasteiger partial charge in [-0.25, -0.2) is 0 Å². The lowest BCUT2D eigenvalue weighted by atomic mass is 9.97. The van der Waals surface area contributed by atoms with E-state index in [1.54, 1.807) is 23.1 Å². The average Bonchev–Trinajstić information content (AvgIpc) is 2.93. The highest BCUT2D eigenvalue weighted by Gasteiger charge is 2.30. The van der Waals surface area contributed by atoms with Gasteiger partial charge in [0.05, 0.1) is 12.0 Å². The van der Waals surface area contributed by atoms with Crippen molar-refractivity contribution in [2.24, 2.45) is 0 Å². The van der Waals surface area contributed by atoms with E-state index in [1.807, 2.05) is 19.1 Å². The Morgan fingerprint density at radius 2 is 2.11 bits per heavy atom. The van der Waals surface area contributed by atoms with Crippen LogP contribution in [0.4, 0.5) is 5.69 Å². The van der Waals surface area contributed by atoms with E-state index in [1.165, 1.54) is 6.26 Å². The van der Waals surface area contributed by atoms with Crippen LogP contribution in [0.15, 0.2) is 41.0 Å². The van der Waals surface area contributed by atoms with Crippen molar-refractivity contribution in [3.05, 3.63) is 53.5 Å². The number of ketones is 1. The number of furan rings is 1. The van der Waals surface area contributed by atoms with Crippen molar-refractivity contribution < 1.29 is 14.0 Å². The summed E-state index contributed by atoms with van der Waals surface area (Å²) in [5, 5.41) is 0. The summed E-state index contributed by atoms with van der Waals surface area (Å²) in [6.07, 6.45) is 1.82. The Hall–Kier alpha value is -2.36. The lowest BCUT2D eigenvalue weighted by molar-refractivity contribution is 0.0939. The number of anilines is 1. The zero-order chi connectivity index (χ0) is 13.4. The highest BCUT2D eigenvalue weighted by molar-refractivity contribution is 6.13. The third-order valence-electron chi connectivity index (χ3n) is 3.35. The van der Waals surface area contributed by atoms with Gasteiger partial charge in [-0.15, -0.1) is 0 Å². The first-order chi connectivity index (χ1) is 9.18. The van der Waals surface area contributed by atoms with Crippen LogP contribution < -0.4 is 4.90 Å². The summed E-state index contributed by atoms with van der Waals surface area (Å²) in [5.41, 5.74) is 2.25. The molecular weight excluding hydrogens is 242 g/mol. The van der Waals surface area contributed by atoms with Crippen molar-refractivity contribution in [3.8, 4) is 0 Å². The molecule has 0 fully saturated rings. The van der Waals surface area contributed by atoms with E-state index in [9.17, 15) is 9.59 Å². The predicted molar refractivity (Wildman–Crippen MR) is 70.5 cm³/mol. The van der Waals surface area contributed by atoms with Gasteiger partial charge in [0.15, 0.2) is 11.5 Å². The highest BCUT2D eigenvalue weighted by atomic mass is 16.3. The lowest BCUT2D eigenvalue weighted by Gasteiger charge is -2.29. The zero-order valence-electron chi connectivity index (χ0n) is 10.6. The maximum Gasteiger partial charge on any atom is 0.293 e. The maximum atomic E-state index is 12.4. The molecule has 96 valence electrons. The molecule has 3 rings (SSSR count). The molecule has 2 aromatic rings. The van der Waals surface area contributed by atoms with E-state index in [0.717, 1.165) is 5.56 Å². The van der Waals surface area contributed by atoms with Crippen LogP contribution in [0.5, 0.6) is 0 Å². The summed E-state index contributed by atoms with van der Waals surface area (Å²) in [7, 11) is 0.